The monoisotopic (exact) mass is 443 g/mol. The zero-order chi connectivity index (χ0) is 22.9. The van der Waals surface area contributed by atoms with Gasteiger partial charge in [0, 0.05) is 54.4 Å². The van der Waals surface area contributed by atoms with Crippen LogP contribution < -0.4 is 4.90 Å². The summed E-state index contributed by atoms with van der Waals surface area (Å²) < 4.78 is 5.65. The summed E-state index contributed by atoms with van der Waals surface area (Å²) in [6.45, 7) is 6.26. The number of aromatic nitrogens is 1. The van der Waals surface area contributed by atoms with Gasteiger partial charge in [-0.15, -0.1) is 0 Å². The van der Waals surface area contributed by atoms with Gasteiger partial charge in [0.05, 0.1) is 11.1 Å². The first kappa shape index (κ1) is 21.6. The van der Waals surface area contributed by atoms with Crippen molar-refractivity contribution in [1.82, 2.24) is 9.88 Å². The molecule has 3 aromatic rings. The number of para-hydroxylation sites is 2. The van der Waals surface area contributed by atoms with Crippen molar-refractivity contribution in [3.05, 3.63) is 70.9 Å². The Kier molecular flexibility index (Phi) is 5.85. The molecular weight excluding hydrogens is 414 g/mol. The second-order valence-electron chi connectivity index (χ2n) is 9.10. The third-order valence-electron chi connectivity index (χ3n) is 6.75. The number of esters is 1. The molecule has 6 heteroatoms. The van der Waals surface area contributed by atoms with Gasteiger partial charge in [0.15, 0.2) is 6.61 Å². The van der Waals surface area contributed by atoms with E-state index >= 15 is 0 Å². The molecule has 3 heterocycles. The molecule has 0 N–H and O–H groups in total. The maximum absolute atomic E-state index is 13.4. The minimum atomic E-state index is -0.450. The first-order chi connectivity index (χ1) is 16.0. The lowest BCUT2D eigenvalue weighted by molar-refractivity contribution is -0.121. The molecule has 0 spiro atoms. The quantitative estimate of drug-likeness (QED) is 0.567. The highest BCUT2D eigenvalue weighted by Gasteiger charge is 2.29. The van der Waals surface area contributed by atoms with E-state index in [2.05, 4.69) is 24.8 Å². The van der Waals surface area contributed by atoms with Crippen molar-refractivity contribution in [2.24, 2.45) is 0 Å². The summed E-state index contributed by atoms with van der Waals surface area (Å²) in [6.07, 6.45) is 2.66. The smallest absolute Gasteiger partial charge is 0.339 e. The molecule has 1 amide bonds. The van der Waals surface area contributed by atoms with Gasteiger partial charge >= 0.3 is 5.97 Å². The van der Waals surface area contributed by atoms with E-state index in [9.17, 15) is 9.59 Å². The Morgan fingerprint density at radius 3 is 2.67 bits per heavy atom. The number of carbonyl (C=O) groups is 2. The van der Waals surface area contributed by atoms with Gasteiger partial charge in [0.1, 0.15) is 0 Å². The highest BCUT2D eigenvalue weighted by atomic mass is 16.5. The van der Waals surface area contributed by atoms with Crippen molar-refractivity contribution in [3.8, 4) is 0 Å². The zero-order valence-electron chi connectivity index (χ0n) is 19.2. The van der Waals surface area contributed by atoms with E-state index < -0.39 is 5.97 Å². The predicted octanol–water partition coefficient (Wildman–Crippen LogP) is 4.14. The molecule has 0 unspecified atom stereocenters. The first-order valence-electron chi connectivity index (χ1n) is 11.7. The fourth-order valence-electron chi connectivity index (χ4n) is 4.95. The molecule has 170 valence electrons. The van der Waals surface area contributed by atoms with Gasteiger partial charge in [-0.1, -0.05) is 36.4 Å². The summed E-state index contributed by atoms with van der Waals surface area (Å²) in [6, 6.07) is 16.0. The van der Waals surface area contributed by atoms with Crippen LogP contribution >= 0.6 is 0 Å². The number of carbonyl (C=O) groups excluding carboxylic acids is 2. The molecule has 33 heavy (non-hydrogen) atoms. The van der Waals surface area contributed by atoms with Crippen molar-refractivity contribution < 1.29 is 14.3 Å². The Balaban J connectivity index is 1.42. The highest BCUT2D eigenvalue weighted by Crippen LogP contribution is 2.30. The van der Waals surface area contributed by atoms with Crippen LogP contribution in [0.3, 0.4) is 0 Å². The largest absolute Gasteiger partial charge is 0.452 e. The predicted molar refractivity (Wildman–Crippen MR) is 128 cm³/mol. The van der Waals surface area contributed by atoms with Crippen LogP contribution in [-0.4, -0.2) is 47.5 Å². The number of fused-ring (bicyclic) bond motifs is 3. The number of hydrogen-bond donors (Lipinski definition) is 0. The number of anilines is 1. The van der Waals surface area contributed by atoms with E-state index in [-0.39, 0.29) is 12.5 Å². The van der Waals surface area contributed by atoms with Gasteiger partial charge < -0.3 is 9.64 Å². The van der Waals surface area contributed by atoms with Crippen LogP contribution in [0.4, 0.5) is 5.69 Å². The second-order valence-corrected chi connectivity index (χ2v) is 9.10. The molecule has 0 saturated carbocycles. The third-order valence-corrected chi connectivity index (χ3v) is 6.75. The van der Waals surface area contributed by atoms with Crippen LogP contribution in [0.25, 0.3) is 10.9 Å². The minimum absolute atomic E-state index is 0.188. The molecule has 0 fully saturated rings. The van der Waals surface area contributed by atoms with Gasteiger partial charge in [-0.2, -0.15) is 0 Å². The van der Waals surface area contributed by atoms with Gasteiger partial charge in [0.25, 0.3) is 5.91 Å². The van der Waals surface area contributed by atoms with E-state index in [0.717, 1.165) is 59.2 Å². The Hall–Kier alpha value is -3.25. The van der Waals surface area contributed by atoms with E-state index in [0.29, 0.717) is 24.7 Å². The van der Waals surface area contributed by atoms with E-state index in [1.807, 2.05) is 42.5 Å². The third kappa shape index (κ3) is 4.11. The molecule has 0 radical (unpaired) electrons. The normalized spacial score (nSPS) is 15.9. The molecule has 1 aromatic heterocycles. The molecule has 2 aliphatic heterocycles. The fraction of sp³-hybridized carbons (Fsp3) is 0.370. The molecule has 6 nitrogen and oxygen atoms in total. The summed E-state index contributed by atoms with van der Waals surface area (Å²) in [5.74, 6) is -0.638. The van der Waals surface area contributed by atoms with Crippen LogP contribution in [-0.2, 0) is 28.9 Å². The standard InChI is InChI=1S/C27H29N3O3/c1-18(2)29-15-13-23-21(16-29)26(20-10-4-5-11-22(20)28-23)27(32)33-17-25(31)30-14-7-9-19-8-3-6-12-24(19)30/h3-6,8,10-12,18H,7,9,13-17H2,1-2H3. The lowest BCUT2D eigenvalue weighted by Gasteiger charge is -2.32. The van der Waals surface area contributed by atoms with Gasteiger partial charge in [0.2, 0.25) is 0 Å². The molecule has 2 aliphatic rings. The average Bonchev–Trinajstić information content (AvgIpc) is 2.84. The van der Waals surface area contributed by atoms with Crippen molar-refractivity contribution in [2.75, 3.05) is 24.6 Å². The molecule has 0 atom stereocenters. The number of pyridine rings is 1. The topological polar surface area (TPSA) is 62.7 Å². The molecule has 0 aliphatic carbocycles. The molecule has 5 rings (SSSR count). The first-order valence-corrected chi connectivity index (χ1v) is 11.7. The molecule has 0 bridgehead atoms. The van der Waals surface area contributed by atoms with Crippen molar-refractivity contribution in [1.29, 1.82) is 0 Å². The van der Waals surface area contributed by atoms with Crippen molar-refractivity contribution in [2.45, 2.75) is 45.7 Å². The van der Waals surface area contributed by atoms with Crippen molar-refractivity contribution in [3.63, 3.8) is 0 Å². The summed E-state index contributed by atoms with van der Waals surface area (Å²) >= 11 is 0. The number of aryl methyl sites for hydroxylation is 1. The lowest BCUT2D eigenvalue weighted by atomic mass is 9.95. The number of benzene rings is 2. The Morgan fingerprint density at radius 1 is 1.03 bits per heavy atom. The molecule has 0 saturated heterocycles. The Morgan fingerprint density at radius 2 is 1.82 bits per heavy atom. The molecular formula is C27H29N3O3. The SMILES string of the molecule is CC(C)N1CCc2nc3ccccc3c(C(=O)OCC(=O)N3CCCc4ccccc43)c2C1. The van der Waals surface area contributed by atoms with Crippen LogP contribution in [0, 0.1) is 0 Å². The fourth-order valence-corrected chi connectivity index (χ4v) is 4.95. The number of amides is 1. The highest BCUT2D eigenvalue weighted by molar-refractivity contribution is 6.06. The van der Waals surface area contributed by atoms with E-state index in [1.54, 1.807) is 4.90 Å². The van der Waals surface area contributed by atoms with E-state index in [4.69, 9.17) is 9.72 Å². The maximum Gasteiger partial charge on any atom is 0.339 e. The summed E-state index contributed by atoms with van der Waals surface area (Å²) in [4.78, 5) is 35.3. The minimum Gasteiger partial charge on any atom is -0.452 e. The number of rotatable bonds is 4. The van der Waals surface area contributed by atoms with Gasteiger partial charge in [-0.3, -0.25) is 14.7 Å². The van der Waals surface area contributed by atoms with Crippen LogP contribution in [0.2, 0.25) is 0 Å². The Bertz CT molecular complexity index is 1220. The Labute approximate surface area is 194 Å². The maximum atomic E-state index is 13.4. The van der Waals surface area contributed by atoms with Crippen LogP contribution in [0.1, 0.15) is 47.4 Å². The summed E-state index contributed by atoms with van der Waals surface area (Å²) in [7, 11) is 0. The lowest BCUT2D eigenvalue weighted by Crippen LogP contribution is -2.39. The van der Waals surface area contributed by atoms with Crippen LogP contribution in [0.5, 0.6) is 0 Å². The summed E-state index contributed by atoms with van der Waals surface area (Å²) in [5.41, 5.74) is 5.30. The average molecular weight is 444 g/mol. The van der Waals surface area contributed by atoms with Crippen molar-refractivity contribution >= 4 is 28.5 Å². The summed E-state index contributed by atoms with van der Waals surface area (Å²) in [5, 5.41) is 0.780. The number of hydrogen-bond acceptors (Lipinski definition) is 5. The second kappa shape index (κ2) is 8.94. The zero-order valence-corrected chi connectivity index (χ0v) is 19.2. The van der Waals surface area contributed by atoms with Crippen LogP contribution in [0.15, 0.2) is 48.5 Å². The molecule has 2 aromatic carbocycles. The van der Waals surface area contributed by atoms with Gasteiger partial charge in [-0.25, -0.2) is 4.79 Å². The number of nitrogens with zero attached hydrogens (tertiary/aromatic N) is 3. The van der Waals surface area contributed by atoms with E-state index in [1.165, 1.54) is 0 Å². The van der Waals surface area contributed by atoms with Gasteiger partial charge in [-0.05, 0) is 44.4 Å². The number of ether oxygens (including phenoxy) is 1.